The zero-order valence-corrected chi connectivity index (χ0v) is 17.0. The van der Waals surface area contributed by atoms with Crippen LogP contribution >= 0.6 is 0 Å². The summed E-state index contributed by atoms with van der Waals surface area (Å²) in [6.07, 6.45) is 2.03. The highest BCUT2D eigenvalue weighted by molar-refractivity contribution is 5.93. The number of hydrogen-bond acceptors (Lipinski definition) is 4. The summed E-state index contributed by atoms with van der Waals surface area (Å²) < 4.78 is 49.8. The van der Waals surface area contributed by atoms with E-state index >= 15 is 0 Å². The van der Waals surface area contributed by atoms with E-state index < -0.39 is 17.5 Å². The van der Waals surface area contributed by atoms with Crippen molar-refractivity contribution in [3.05, 3.63) is 58.6 Å². The molecule has 0 saturated carbocycles. The van der Waals surface area contributed by atoms with Gasteiger partial charge in [-0.3, -0.25) is 9.48 Å². The summed E-state index contributed by atoms with van der Waals surface area (Å²) >= 11 is 0. The van der Waals surface area contributed by atoms with Gasteiger partial charge in [-0.05, 0) is 25.5 Å². The third-order valence-electron chi connectivity index (χ3n) is 6.01. The molecule has 0 radical (unpaired) electrons. The van der Waals surface area contributed by atoms with E-state index in [-0.39, 0.29) is 17.5 Å². The number of carbonyl (C=O) groups is 1. The second-order valence-corrected chi connectivity index (χ2v) is 7.78. The smallest absolute Gasteiger partial charge is 0.272 e. The van der Waals surface area contributed by atoms with Gasteiger partial charge in [0.1, 0.15) is 18.1 Å². The number of nitrogens with zero attached hydrogens (tertiary/aromatic N) is 5. The summed E-state index contributed by atoms with van der Waals surface area (Å²) in [5.74, 6) is -3.43. The molecule has 7 nitrogen and oxygen atoms in total. The Bertz CT molecular complexity index is 1180. The predicted molar refractivity (Wildman–Crippen MR) is 104 cm³/mol. The lowest BCUT2D eigenvalue weighted by atomic mass is 9.95. The molecule has 2 aliphatic heterocycles. The molecule has 3 aromatic rings. The zero-order valence-electron chi connectivity index (χ0n) is 17.0. The van der Waals surface area contributed by atoms with Crippen molar-refractivity contribution in [1.29, 1.82) is 0 Å². The molecule has 0 saturated heterocycles. The highest BCUT2D eigenvalue weighted by Crippen LogP contribution is 2.37. The molecule has 4 heterocycles. The average molecular weight is 431 g/mol. The normalized spacial score (nSPS) is 18.1. The minimum absolute atomic E-state index is 0.148. The van der Waals surface area contributed by atoms with Crippen LogP contribution in [0.1, 0.15) is 40.5 Å². The molecule has 2 aliphatic rings. The van der Waals surface area contributed by atoms with E-state index in [9.17, 15) is 18.0 Å². The van der Waals surface area contributed by atoms with E-state index in [0.29, 0.717) is 49.8 Å². The molecule has 0 unspecified atom stereocenters. The van der Waals surface area contributed by atoms with Gasteiger partial charge in [-0.15, -0.1) is 0 Å². The van der Waals surface area contributed by atoms with Crippen molar-refractivity contribution < 1.29 is 22.7 Å². The molecule has 0 N–H and O–H groups in total. The first-order valence-corrected chi connectivity index (χ1v) is 10.0. The Hall–Kier alpha value is -3.14. The number of carbonyl (C=O) groups excluding carboxylic acids is 1. The summed E-state index contributed by atoms with van der Waals surface area (Å²) in [6, 6.07) is 1.59. The fraction of sp³-hybridized carbons (Fsp3) is 0.381. The highest BCUT2D eigenvalue weighted by Gasteiger charge is 2.35. The van der Waals surface area contributed by atoms with E-state index in [4.69, 9.17) is 4.74 Å². The molecule has 162 valence electrons. The minimum atomic E-state index is -1.50. The van der Waals surface area contributed by atoms with E-state index in [0.717, 1.165) is 23.5 Å². The molecule has 1 aromatic carbocycles. The minimum Gasteiger partial charge on any atom is -0.372 e. The quantitative estimate of drug-likeness (QED) is 0.586. The fourth-order valence-corrected chi connectivity index (χ4v) is 4.49. The number of ether oxygens (including phenoxy) is 1. The summed E-state index contributed by atoms with van der Waals surface area (Å²) in [6.45, 7) is 3.75. The molecule has 5 rings (SSSR count). The molecule has 0 spiro atoms. The Labute approximate surface area is 176 Å². The lowest BCUT2D eigenvalue weighted by Crippen LogP contribution is -2.40. The van der Waals surface area contributed by atoms with E-state index in [2.05, 4.69) is 10.1 Å². The van der Waals surface area contributed by atoms with Gasteiger partial charge in [-0.1, -0.05) is 0 Å². The van der Waals surface area contributed by atoms with Gasteiger partial charge in [0.2, 0.25) is 0 Å². The fourth-order valence-electron chi connectivity index (χ4n) is 4.49. The number of amides is 1. The van der Waals surface area contributed by atoms with E-state index in [1.165, 1.54) is 4.68 Å². The number of benzene rings is 1. The van der Waals surface area contributed by atoms with Crippen LogP contribution in [0.4, 0.5) is 13.2 Å². The SMILES string of the molecule is C[C@H]1c2nn(C)c(-c3cc(F)c(F)c(F)c3)c2CCN1C(=O)c1cnc2n1CCOC2. The second-order valence-electron chi connectivity index (χ2n) is 7.78. The van der Waals surface area contributed by atoms with Crippen LogP contribution < -0.4 is 0 Å². The van der Waals surface area contributed by atoms with Crippen molar-refractivity contribution in [3.63, 3.8) is 0 Å². The molecule has 2 aromatic heterocycles. The van der Waals surface area contributed by atoms with Crippen LogP contribution in [-0.4, -0.2) is 43.3 Å². The van der Waals surface area contributed by atoms with Crippen molar-refractivity contribution >= 4 is 5.91 Å². The molecule has 0 bridgehead atoms. The Morgan fingerprint density at radius 2 is 1.94 bits per heavy atom. The first-order chi connectivity index (χ1) is 14.9. The number of aromatic nitrogens is 4. The summed E-state index contributed by atoms with van der Waals surface area (Å²) in [7, 11) is 1.67. The largest absolute Gasteiger partial charge is 0.372 e. The maximum atomic E-state index is 13.8. The van der Waals surface area contributed by atoms with Crippen molar-refractivity contribution in [2.24, 2.45) is 7.05 Å². The number of imidazole rings is 1. The van der Waals surface area contributed by atoms with Gasteiger partial charge >= 0.3 is 0 Å². The number of halogens is 3. The number of fused-ring (bicyclic) bond motifs is 2. The second kappa shape index (κ2) is 7.23. The number of hydrogen-bond donors (Lipinski definition) is 0. The van der Waals surface area contributed by atoms with Gasteiger partial charge in [0.05, 0.1) is 30.2 Å². The standard InChI is InChI=1S/C21H20F3N5O2/c1-11-19-13(20(27(2)26-19)12-7-14(22)18(24)15(23)8-12)3-4-28(11)21(30)16-9-25-17-10-31-6-5-29(16)17/h7-9,11H,3-6,10H2,1-2H3/t11-/m0/s1. The molecular formula is C21H20F3N5O2. The summed E-state index contributed by atoms with van der Waals surface area (Å²) in [5, 5.41) is 4.53. The monoisotopic (exact) mass is 431 g/mol. The molecular weight excluding hydrogens is 411 g/mol. The average Bonchev–Trinajstić information content (AvgIpc) is 3.32. The van der Waals surface area contributed by atoms with Gasteiger partial charge in [-0.2, -0.15) is 5.10 Å². The maximum absolute atomic E-state index is 13.8. The third-order valence-corrected chi connectivity index (χ3v) is 6.01. The number of aryl methyl sites for hydroxylation is 1. The third kappa shape index (κ3) is 3.04. The molecule has 10 heteroatoms. The van der Waals surface area contributed by atoms with Gasteiger partial charge in [0.25, 0.3) is 5.91 Å². The Balaban J connectivity index is 1.50. The van der Waals surface area contributed by atoms with Crippen molar-refractivity contribution in [3.8, 4) is 11.3 Å². The summed E-state index contributed by atoms with van der Waals surface area (Å²) in [4.78, 5) is 19.3. The lowest BCUT2D eigenvalue weighted by molar-refractivity contribution is 0.0624. The van der Waals surface area contributed by atoms with Gasteiger partial charge in [-0.25, -0.2) is 18.2 Å². The van der Waals surface area contributed by atoms with Crippen LogP contribution in [0, 0.1) is 17.5 Å². The molecule has 1 amide bonds. The Morgan fingerprint density at radius 3 is 2.68 bits per heavy atom. The number of rotatable bonds is 2. The van der Waals surface area contributed by atoms with Crippen LogP contribution in [0.2, 0.25) is 0 Å². The lowest BCUT2D eigenvalue weighted by Gasteiger charge is -2.33. The molecule has 0 aliphatic carbocycles. The topological polar surface area (TPSA) is 65.2 Å². The first kappa shape index (κ1) is 19.8. The van der Waals surface area contributed by atoms with Gasteiger partial charge in [0.15, 0.2) is 17.5 Å². The Morgan fingerprint density at radius 1 is 1.19 bits per heavy atom. The predicted octanol–water partition coefficient (Wildman–Crippen LogP) is 2.99. The molecule has 1 atom stereocenters. The van der Waals surface area contributed by atoms with E-state index in [1.807, 2.05) is 11.5 Å². The van der Waals surface area contributed by atoms with Crippen LogP contribution in [0.3, 0.4) is 0 Å². The van der Waals surface area contributed by atoms with Gasteiger partial charge in [0, 0.05) is 31.3 Å². The molecule has 0 fully saturated rings. The molecule has 31 heavy (non-hydrogen) atoms. The maximum Gasteiger partial charge on any atom is 0.272 e. The van der Waals surface area contributed by atoms with Crippen molar-refractivity contribution in [2.75, 3.05) is 13.2 Å². The summed E-state index contributed by atoms with van der Waals surface area (Å²) in [5.41, 5.74) is 2.69. The van der Waals surface area contributed by atoms with E-state index in [1.54, 1.807) is 18.1 Å². The first-order valence-electron chi connectivity index (χ1n) is 10.0. The van der Waals surface area contributed by atoms with Crippen LogP contribution in [-0.2, 0) is 31.4 Å². The zero-order chi connectivity index (χ0) is 21.9. The van der Waals surface area contributed by atoms with Gasteiger partial charge < -0.3 is 14.2 Å². The van der Waals surface area contributed by atoms with Crippen LogP contribution in [0.25, 0.3) is 11.3 Å². The Kier molecular flexibility index (Phi) is 4.62. The van der Waals surface area contributed by atoms with Crippen LogP contribution in [0.15, 0.2) is 18.3 Å². The highest BCUT2D eigenvalue weighted by atomic mass is 19.2. The van der Waals surface area contributed by atoms with Crippen LogP contribution in [0.5, 0.6) is 0 Å². The van der Waals surface area contributed by atoms with Crippen molar-refractivity contribution in [2.45, 2.75) is 32.5 Å². The van der Waals surface area contributed by atoms with Crippen molar-refractivity contribution in [1.82, 2.24) is 24.2 Å².